The Morgan fingerprint density at radius 3 is 2.84 bits per heavy atom. The third kappa shape index (κ3) is 3.75. The first-order valence-electron chi connectivity index (χ1n) is 5.37. The fraction of sp³-hybridized carbons (Fsp3) is 0.154. The highest BCUT2D eigenvalue weighted by Crippen LogP contribution is 2.31. The number of thioether (sulfide) groups is 1. The Morgan fingerprint density at radius 1 is 1.47 bits per heavy atom. The van der Waals surface area contributed by atoms with Crippen LogP contribution in [0.5, 0.6) is 5.75 Å². The van der Waals surface area contributed by atoms with Gasteiger partial charge in [-0.25, -0.2) is 4.79 Å². The molecule has 1 heterocycles. The molecule has 100 valence electrons. The number of carboxylic acids is 1. The lowest BCUT2D eigenvalue weighted by atomic mass is 10.2. The van der Waals surface area contributed by atoms with Gasteiger partial charge in [0.1, 0.15) is 10.6 Å². The second-order valence-electron chi connectivity index (χ2n) is 3.71. The van der Waals surface area contributed by atoms with Crippen LogP contribution >= 0.6 is 39.0 Å². The van der Waals surface area contributed by atoms with E-state index in [1.165, 1.54) is 11.3 Å². The summed E-state index contributed by atoms with van der Waals surface area (Å²) in [5, 5.41) is 10.7. The zero-order valence-electron chi connectivity index (χ0n) is 10.1. The topological polar surface area (TPSA) is 46.5 Å². The molecule has 2 aromatic rings. The second kappa shape index (κ2) is 6.45. The lowest BCUT2D eigenvalue weighted by Crippen LogP contribution is -1.90. The van der Waals surface area contributed by atoms with E-state index in [2.05, 4.69) is 15.9 Å². The summed E-state index contributed by atoms with van der Waals surface area (Å²) in [6.45, 7) is 0. The van der Waals surface area contributed by atoms with Crippen molar-refractivity contribution < 1.29 is 14.6 Å². The molecule has 0 spiro atoms. The average Bonchev–Trinajstić information content (AvgIpc) is 2.85. The molecule has 0 amide bonds. The molecule has 0 aliphatic heterocycles. The van der Waals surface area contributed by atoms with E-state index in [4.69, 9.17) is 9.84 Å². The van der Waals surface area contributed by atoms with Gasteiger partial charge in [-0.2, -0.15) is 0 Å². The number of rotatable bonds is 5. The third-order valence-corrected chi connectivity index (χ3v) is 5.14. The molecule has 0 fully saturated rings. The summed E-state index contributed by atoms with van der Waals surface area (Å²) in [7, 11) is 1.63. The van der Waals surface area contributed by atoms with Crippen molar-refractivity contribution in [2.24, 2.45) is 0 Å². The molecule has 0 unspecified atom stereocenters. The van der Waals surface area contributed by atoms with Crippen molar-refractivity contribution >= 4 is 45.0 Å². The minimum absolute atomic E-state index is 0.374. The van der Waals surface area contributed by atoms with Gasteiger partial charge in [0.05, 0.1) is 11.6 Å². The van der Waals surface area contributed by atoms with Gasteiger partial charge in [0.25, 0.3) is 0 Å². The summed E-state index contributed by atoms with van der Waals surface area (Å²) >= 11 is 6.32. The number of halogens is 1. The fourth-order valence-electron chi connectivity index (χ4n) is 1.47. The molecular weight excluding hydrogens is 348 g/mol. The Hall–Kier alpha value is -0.980. The maximum Gasteiger partial charge on any atom is 0.345 e. The van der Waals surface area contributed by atoms with Crippen LogP contribution < -0.4 is 4.74 Å². The largest absolute Gasteiger partial charge is 0.496 e. The molecule has 1 aromatic carbocycles. The Kier molecular flexibility index (Phi) is 4.90. The average molecular weight is 359 g/mol. The highest BCUT2D eigenvalue weighted by atomic mass is 79.9. The second-order valence-corrected chi connectivity index (χ2v) is 6.52. The van der Waals surface area contributed by atoms with E-state index in [0.717, 1.165) is 26.4 Å². The zero-order valence-corrected chi connectivity index (χ0v) is 13.3. The molecule has 2 rings (SSSR count). The number of hydrogen-bond acceptors (Lipinski definition) is 4. The number of benzene rings is 1. The van der Waals surface area contributed by atoms with Gasteiger partial charge in [0.15, 0.2) is 0 Å². The summed E-state index contributed by atoms with van der Waals surface area (Å²) in [4.78, 5) is 12.1. The molecule has 6 heteroatoms. The predicted octanol–water partition coefficient (Wildman–Crippen LogP) is 4.51. The van der Waals surface area contributed by atoms with Gasteiger partial charge in [-0.3, -0.25) is 0 Å². The number of aromatic carboxylic acids is 1. The monoisotopic (exact) mass is 358 g/mol. The fourth-order valence-corrected chi connectivity index (χ4v) is 3.87. The standard InChI is InChI=1S/C13H11BrO3S2/c1-17-11-3-2-8(4-10(11)14)6-18-9-5-12(13(15)16)19-7-9/h2-5,7H,6H2,1H3,(H,15,16). The van der Waals surface area contributed by atoms with Gasteiger partial charge >= 0.3 is 5.97 Å². The van der Waals surface area contributed by atoms with E-state index in [-0.39, 0.29) is 0 Å². The summed E-state index contributed by atoms with van der Waals surface area (Å²) < 4.78 is 6.10. The maximum atomic E-state index is 10.8. The normalized spacial score (nSPS) is 10.4. The summed E-state index contributed by atoms with van der Waals surface area (Å²) in [5.41, 5.74) is 1.15. The SMILES string of the molecule is COc1ccc(CSc2csc(C(=O)O)c2)cc1Br. The van der Waals surface area contributed by atoms with Gasteiger partial charge in [-0.15, -0.1) is 23.1 Å². The molecule has 0 aliphatic carbocycles. The molecular formula is C13H11BrO3S2. The van der Waals surface area contributed by atoms with Crippen molar-refractivity contribution in [2.45, 2.75) is 10.6 Å². The van der Waals surface area contributed by atoms with Crippen molar-refractivity contribution in [3.05, 3.63) is 44.6 Å². The van der Waals surface area contributed by atoms with Crippen molar-refractivity contribution in [3.63, 3.8) is 0 Å². The smallest absolute Gasteiger partial charge is 0.345 e. The molecule has 0 atom stereocenters. The molecule has 0 aliphatic rings. The molecule has 0 radical (unpaired) electrons. The van der Waals surface area contributed by atoms with Gasteiger partial charge < -0.3 is 9.84 Å². The van der Waals surface area contributed by atoms with Crippen LogP contribution in [-0.2, 0) is 5.75 Å². The highest BCUT2D eigenvalue weighted by Gasteiger charge is 2.08. The lowest BCUT2D eigenvalue weighted by Gasteiger charge is -2.05. The van der Waals surface area contributed by atoms with Crippen LogP contribution in [0.25, 0.3) is 0 Å². The Bertz CT molecular complexity index is 595. The van der Waals surface area contributed by atoms with Crippen LogP contribution in [0.3, 0.4) is 0 Å². The number of thiophene rings is 1. The van der Waals surface area contributed by atoms with Crippen LogP contribution in [0.1, 0.15) is 15.2 Å². The van der Waals surface area contributed by atoms with Crippen LogP contribution in [0.15, 0.2) is 39.0 Å². The Labute approximate surface area is 127 Å². The summed E-state index contributed by atoms with van der Waals surface area (Å²) in [6, 6.07) is 7.63. The number of ether oxygens (including phenoxy) is 1. The van der Waals surface area contributed by atoms with E-state index in [0.29, 0.717) is 4.88 Å². The van der Waals surface area contributed by atoms with Gasteiger partial charge in [-0.05, 0) is 39.7 Å². The number of hydrogen-bond donors (Lipinski definition) is 1. The van der Waals surface area contributed by atoms with Gasteiger partial charge in [0.2, 0.25) is 0 Å². The minimum Gasteiger partial charge on any atom is -0.496 e. The van der Waals surface area contributed by atoms with E-state index >= 15 is 0 Å². The highest BCUT2D eigenvalue weighted by molar-refractivity contribution is 9.10. The van der Waals surface area contributed by atoms with Crippen molar-refractivity contribution in [3.8, 4) is 5.75 Å². The molecule has 3 nitrogen and oxygen atoms in total. The first-order chi connectivity index (χ1) is 9.10. The van der Waals surface area contributed by atoms with Gasteiger partial charge in [-0.1, -0.05) is 6.07 Å². The van der Waals surface area contributed by atoms with E-state index in [9.17, 15) is 4.79 Å². The first kappa shape index (κ1) is 14.4. The third-order valence-electron chi connectivity index (χ3n) is 2.41. The van der Waals surface area contributed by atoms with Crippen molar-refractivity contribution in [1.29, 1.82) is 0 Å². The van der Waals surface area contributed by atoms with E-state index < -0.39 is 5.97 Å². The van der Waals surface area contributed by atoms with Crippen molar-refractivity contribution in [2.75, 3.05) is 7.11 Å². The van der Waals surface area contributed by atoms with Gasteiger partial charge in [0, 0.05) is 16.0 Å². The Morgan fingerprint density at radius 2 is 2.26 bits per heavy atom. The lowest BCUT2D eigenvalue weighted by molar-refractivity contribution is 0.0702. The van der Waals surface area contributed by atoms with Crippen LogP contribution in [0.4, 0.5) is 0 Å². The van der Waals surface area contributed by atoms with Crippen LogP contribution in [-0.4, -0.2) is 18.2 Å². The van der Waals surface area contributed by atoms with Crippen LogP contribution in [0.2, 0.25) is 0 Å². The maximum absolute atomic E-state index is 10.8. The predicted molar refractivity (Wildman–Crippen MR) is 81.5 cm³/mol. The molecule has 0 saturated heterocycles. The van der Waals surface area contributed by atoms with Crippen molar-refractivity contribution in [1.82, 2.24) is 0 Å². The zero-order chi connectivity index (χ0) is 13.8. The minimum atomic E-state index is -0.871. The molecule has 19 heavy (non-hydrogen) atoms. The Balaban J connectivity index is 2.01. The molecule has 0 bridgehead atoms. The number of methoxy groups -OCH3 is 1. The molecule has 1 N–H and O–H groups in total. The molecule has 0 saturated carbocycles. The quantitative estimate of drug-likeness (QED) is 0.798. The van der Waals surface area contributed by atoms with Crippen LogP contribution in [0, 0.1) is 0 Å². The summed E-state index contributed by atoms with van der Waals surface area (Å²) in [5.74, 6) is 0.722. The first-order valence-corrected chi connectivity index (χ1v) is 8.03. The number of carboxylic acid groups (broad SMARTS) is 1. The number of carbonyl (C=O) groups is 1. The van der Waals surface area contributed by atoms with E-state index in [1.54, 1.807) is 24.9 Å². The molecule has 1 aromatic heterocycles. The van der Waals surface area contributed by atoms with E-state index in [1.807, 2.05) is 23.6 Å². The summed E-state index contributed by atoms with van der Waals surface area (Å²) in [6.07, 6.45) is 0.